The minimum Gasteiger partial charge on any atom is -0.360 e. The van der Waals surface area contributed by atoms with Gasteiger partial charge in [-0.25, -0.2) is 4.98 Å². The highest BCUT2D eigenvalue weighted by molar-refractivity contribution is 9.11. The van der Waals surface area contributed by atoms with E-state index in [4.69, 9.17) is 0 Å². The molecule has 0 amide bonds. The number of anilines is 1. The fraction of sp³-hybridized carbons (Fsp3) is 0.400. The second-order valence-corrected chi connectivity index (χ2v) is 6.10. The van der Waals surface area contributed by atoms with Gasteiger partial charge < -0.3 is 5.32 Å². The zero-order valence-electron chi connectivity index (χ0n) is 9.36. The van der Waals surface area contributed by atoms with Crippen LogP contribution in [0.5, 0.6) is 0 Å². The molecule has 0 bridgehead atoms. The van der Waals surface area contributed by atoms with Gasteiger partial charge in [-0.05, 0) is 29.8 Å². The van der Waals surface area contributed by atoms with E-state index >= 15 is 0 Å². The molecule has 0 fully saturated rings. The first-order chi connectivity index (χ1) is 7.56. The number of aryl methyl sites for hydroxylation is 2. The fourth-order valence-corrected chi connectivity index (χ4v) is 2.63. The van der Waals surface area contributed by atoms with E-state index in [-0.39, 0.29) is 6.04 Å². The molecule has 0 aliphatic heterocycles. The molecule has 1 unspecified atom stereocenters. The van der Waals surface area contributed by atoms with Crippen molar-refractivity contribution < 1.29 is 0 Å². The Morgan fingerprint density at radius 2 is 2.31 bits per heavy atom. The fourth-order valence-electron chi connectivity index (χ4n) is 1.38. The number of hydrogen-bond donors (Lipinski definition) is 1. The van der Waals surface area contributed by atoms with Crippen molar-refractivity contribution in [1.29, 1.82) is 0 Å². The van der Waals surface area contributed by atoms with Crippen LogP contribution in [-0.2, 0) is 7.05 Å². The van der Waals surface area contributed by atoms with Gasteiger partial charge in [0.1, 0.15) is 10.8 Å². The van der Waals surface area contributed by atoms with Crippen molar-refractivity contribution in [2.75, 3.05) is 5.32 Å². The van der Waals surface area contributed by atoms with E-state index < -0.39 is 0 Å². The minimum absolute atomic E-state index is 0.172. The third kappa shape index (κ3) is 2.44. The van der Waals surface area contributed by atoms with Crippen molar-refractivity contribution in [1.82, 2.24) is 14.8 Å². The molecule has 86 valence electrons. The summed E-state index contributed by atoms with van der Waals surface area (Å²) in [5, 5.41) is 8.73. The number of halogens is 1. The van der Waals surface area contributed by atoms with Gasteiger partial charge in [0, 0.05) is 18.8 Å². The van der Waals surface area contributed by atoms with Gasteiger partial charge in [-0.3, -0.25) is 4.68 Å². The number of hydrogen-bond acceptors (Lipinski definition) is 4. The Bertz CT molecular complexity index is 471. The summed E-state index contributed by atoms with van der Waals surface area (Å²) in [5.74, 6) is 0.888. The number of aromatic nitrogens is 3. The van der Waals surface area contributed by atoms with E-state index in [1.54, 1.807) is 11.3 Å². The quantitative estimate of drug-likeness (QED) is 0.947. The average Bonchev–Trinajstić information content (AvgIpc) is 2.75. The van der Waals surface area contributed by atoms with Crippen molar-refractivity contribution in [3.63, 3.8) is 0 Å². The largest absolute Gasteiger partial charge is 0.360 e. The second kappa shape index (κ2) is 4.55. The minimum atomic E-state index is 0.172. The van der Waals surface area contributed by atoms with E-state index in [0.29, 0.717) is 0 Å². The van der Waals surface area contributed by atoms with E-state index in [2.05, 4.69) is 38.3 Å². The highest BCUT2D eigenvalue weighted by Crippen LogP contribution is 2.26. The van der Waals surface area contributed by atoms with Crippen LogP contribution >= 0.6 is 27.3 Å². The van der Waals surface area contributed by atoms with E-state index in [1.165, 1.54) is 0 Å². The average molecular weight is 301 g/mol. The Hall–Kier alpha value is -0.880. The molecular formula is C10H13BrN4S. The molecule has 2 rings (SSSR count). The molecule has 2 aromatic heterocycles. The molecule has 2 aromatic rings. The summed E-state index contributed by atoms with van der Waals surface area (Å²) in [6, 6.07) is 2.20. The van der Waals surface area contributed by atoms with Crippen molar-refractivity contribution in [2.45, 2.75) is 19.9 Å². The Morgan fingerprint density at radius 1 is 1.56 bits per heavy atom. The standard InChI is InChI=1S/C10H13BrN4S/c1-6-4-9(14-15(6)3)13-7(2)10-12-5-8(11)16-10/h4-5,7H,1-3H3,(H,13,14). The van der Waals surface area contributed by atoms with Gasteiger partial charge in [-0.15, -0.1) is 11.3 Å². The van der Waals surface area contributed by atoms with Gasteiger partial charge in [0.05, 0.1) is 16.0 Å². The van der Waals surface area contributed by atoms with Crippen LogP contribution < -0.4 is 5.32 Å². The monoisotopic (exact) mass is 300 g/mol. The lowest BCUT2D eigenvalue weighted by Gasteiger charge is -2.09. The molecule has 0 saturated carbocycles. The lowest BCUT2D eigenvalue weighted by molar-refractivity contribution is 0.735. The van der Waals surface area contributed by atoms with Gasteiger partial charge in [0.15, 0.2) is 0 Å². The zero-order chi connectivity index (χ0) is 11.7. The summed E-state index contributed by atoms with van der Waals surface area (Å²) in [7, 11) is 1.94. The van der Waals surface area contributed by atoms with Gasteiger partial charge >= 0.3 is 0 Å². The van der Waals surface area contributed by atoms with E-state index in [0.717, 1.165) is 20.3 Å². The van der Waals surface area contributed by atoms with Gasteiger partial charge in [-0.2, -0.15) is 5.10 Å². The summed E-state index contributed by atoms with van der Waals surface area (Å²) >= 11 is 5.04. The Balaban J connectivity index is 2.10. The molecule has 0 aliphatic rings. The molecule has 1 N–H and O–H groups in total. The molecule has 6 heteroatoms. The molecular weight excluding hydrogens is 288 g/mol. The molecule has 0 saturated heterocycles. The molecule has 0 radical (unpaired) electrons. The van der Waals surface area contributed by atoms with E-state index in [9.17, 15) is 0 Å². The summed E-state index contributed by atoms with van der Waals surface area (Å²) in [6.07, 6.45) is 1.82. The Labute approximate surface area is 107 Å². The molecule has 4 nitrogen and oxygen atoms in total. The summed E-state index contributed by atoms with van der Waals surface area (Å²) in [5.41, 5.74) is 1.13. The van der Waals surface area contributed by atoms with Crippen LogP contribution in [0.3, 0.4) is 0 Å². The van der Waals surface area contributed by atoms with Gasteiger partial charge in [-0.1, -0.05) is 0 Å². The van der Waals surface area contributed by atoms with Crippen LogP contribution in [0.4, 0.5) is 5.82 Å². The van der Waals surface area contributed by atoms with Crippen molar-refractivity contribution in [3.05, 3.63) is 26.8 Å². The highest BCUT2D eigenvalue weighted by Gasteiger charge is 2.11. The second-order valence-electron chi connectivity index (χ2n) is 3.66. The Morgan fingerprint density at radius 3 is 2.81 bits per heavy atom. The van der Waals surface area contributed by atoms with Crippen molar-refractivity contribution in [3.8, 4) is 0 Å². The summed E-state index contributed by atoms with van der Waals surface area (Å²) in [4.78, 5) is 4.32. The zero-order valence-corrected chi connectivity index (χ0v) is 11.8. The first-order valence-electron chi connectivity index (χ1n) is 4.94. The summed E-state index contributed by atoms with van der Waals surface area (Å²) in [6.45, 7) is 4.11. The molecule has 2 heterocycles. The SMILES string of the molecule is Cc1cc(NC(C)c2ncc(Br)s2)nn1C. The van der Waals surface area contributed by atoms with Crippen LogP contribution in [0.1, 0.15) is 23.7 Å². The summed E-state index contributed by atoms with van der Waals surface area (Å²) < 4.78 is 2.90. The first kappa shape index (κ1) is 11.6. The van der Waals surface area contributed by atoms with Gasteiger partial charge in [0.2, 0.25) is 0 Å². The topological polar surface area (TPSA) is 42.7 Å². The lowest BCUT2D eigenvalue weighted by atomic mass is 10.3. The van der Waals surface area contributed by atoms with Crippen molar-refractivity contribution >= 4 is 33.1 Å². The lowest BCUT2D eigenvalue weighted by Crippen LogP contribution is -2.06. The predicted octanol–water partition coefficient (Wildman–Crippen LogP) is 3.12. The molecule has 0 aliphatic carbocycles. The maximum absolute atomic E-state index is 4.35. The number of nitrogens with one attached hydrogen (secondary N) is 1. The smallest absolute Gasteiger partial charge is 0.148 e. The van der Waals surface area contributed by atoms with E-state index in [1.807, 2.05) is 30.9 Å². The molecule has 16 heavy (non-hydrogen) atoms. The number of thiazole rings is 1. The van der Waals surface area contributed by atoms with Crippen LogP contribution in [0.25, 0.3) is 0 Å². The maximum atomic E-state index is 4.35. The number of rotatable bonds is 3. The number of nitrogens with zero attached hydrogens (tertiary/aromatic N) is 3. The third-order valence-electron chi connectivity index (χ3n) is 2.34. The molecule has 1 atom stereocenters. The molecule has 0 aromatic carbocycles. The maximum Gasteiger partial charge on any atom is 0.148 e. The third-order valence-corrected chi connectivity index (χ3v) is 4.00. The van der Waals surface area contributed by atoms with Crippen LogP contribution in [-0.4, -0.2) is 14.8 Å². The Kier molecular flexibility index (Phi) is 3.30. The van der Waals surface area contributed by atoms with Crippen LogP contribution in [0.15, 0.2) is 16.0 Å². The molecule has 0 spiro atoms. The van der Waals surface area contributed by atoms with Crippen molar-refractivity contribution in [2.24, 2.45) is 7.05 Å². The van der Waals surface area contributed by atoms with Gasteiger partial charge in [0.25, 0.3) is 0 Å². The van der Waals surface area contributed by atoms with Crippen LogP contribution in [0.2, 0.25) is 0 Å². The normalized spacial score (nSPS) is 12.8. The highest BCUT2D eigenvalue weighted by atomic mass is 79.9. The first-order valence-corrected chi connectivity index (χ1v) is 6.55. The predicted molar refractivity (Wildman–Crippen MR) is 69.8 cm³/mol. The van der Waals surface area contributed by atoms with Crippen LogP contribution in [0, 0.1) is 6.92 Å².